The number of fused-ring (bicyclic) bond motifs is 1. The highest BCUT2D eigenvalue weighted by molar-refractivity contribution is 6.03. The van der Waals surface area contributed by atoms with Crippen molar-refractivity contribution in [1.29, 1.82) is 0 Å². The van der Waals surface area contributed by atoms with Crippen molar-refractivity contribution < 1.29 is 34.3 Å². The van der Waals surface area contributed by atoms with Crippen LogP contribution in [0.5, 0.6) is 34.5 Å². The van der Waals surface area contributed by atoms with Crippen molar-refractivity contribution in [2.24, 2.45) is 0 Å². The summed E-state index contributed by atoms with van der Waals surface area (Å²) in [5, 5.41) is 30.5. The van der Waals surface area contributed by atoms with Gasteiger partial charge in [-0.1, -0.05) is 0 Å². The summed E-state index contributed by atoms with van der Waals surface area (Å²) in [4.78, 5) is 12.6. The predicted molar refractivity (Wildman–Crippen MR) is 92.8 cm³/mol. The molecule has 138 valence electrons. The van der Waals surface area contributed by atoms with E-state index in [-0.39, 0.29) is 52.1 Å². The summed E-state index contributed by atoms with van der Waals surface area (Å²) in [5.74, 6) is -0.228. The molecule has 0 amide bonds. The summed E-state index contributed by atoms with van der Waals surface area (Å²) in [7, 11) is 2.84. The molecule has 26 heavy (non-hydrogen) atoms. The monoisotopic (exact) mass is 360 g/mol. The Balaban J connectivity index is 2.10. The Hall–Kier alpha value is -3.09. The number of Topliss-reactive ketones (excluding diaryl/α,β-unsaturated/α-hetero) is 1. The molecule has 7 heteroatoms. The molecule has 2 aromatic rings. The van der Waals surface area contributed by atoms with E-state index in [2.05, 4.69) is 0 Å². The van der Waals surface area contributed by atoms with Crippen LogP contribution in [0, 0.1) is 13.8 Å². The third kappa shape index (κ3) is 2.56. The lowest BCUT2D eigenvalue weighted by Crippen LogP contribution is -2.21. The quantitative estimate of drug-likeness (QED) is 0.772. The summed E-state index contributed by atoms with van der Waals surface area (Å²) >= 11 is 0. The molecule has 1 atom stereocenters. The molecular formula is C19H20O7. The van der Waals surface area contributed by atoms with E-state index < -0.39 is 6.10 Å². The molecule has 1 aliphatic heterocycles. The first kappa shape index (κ1) is 17.7. The number of phenolic OH excluding ortho intramolecular Hbond substituents is 3. The van der Waals surface area contributed by atoms with Crippen LogP contribution in [0.4, 0.5) is 0 Å². The number of benzene rings is 2. The highest BCUT2D eigenvalue weighted by Crippen LogP contribution is 2.48. The molecule has 0 aromatic heterocycles. The van der Waals surface area contributed by atoms with Crippen LogP contribution in [-0.4, -0.2) is 35.3 Å². The lowest BCUT2D eigenvalue weighted by molar-refractivity contribution is 0.0841. The SMILES string of the molecule is COc1cc([C@H]2CC(=O)c3c(O)c(C)c(O)c(C)c3O2)cc(O)c1OC. The van der Waals surface area contributed by atoms with Crippen molar-refractivity contribution in [2.45, 2.75) is 26.4 Å². The Morgan fingerprint density at radius 1 is 1.04 bits per heavy atom. The second-order valence-electron chi connectivity index (χ2n) is 6.16. The smallest absolute Gasteiger partial charge is 0.203 e. The Morgan fingerprint density at radius 3 is 2.35 bits per heavy atom. The number of hydrogen-bond acceptors (Lipinski definition) is 7. The van der Waals surface area contributed by atoms with E-state index >= 15 is 0 Å². The van der Waals surface area contributed by atoms with Crippen LogP contribution in [0.1, 0.15) is 39.6 Å². The highest BCUT2D eigenvalue weighted by atomic mass is 16.5. The topological polar surface area (TPSA) is 105 Å². The number of carbonyl (C=O) groups excluding carboxylic acids is 1. The molecule has 2 aromatic carbocycles. The zero-order valence-corrected chi connectivity index (χ0v) is 14.9. The zero-order valence-electron chi connectivity index (χ0n) is 14.9. The number of ketones is 1. The molecule has 1 aliphatic rings. The van der Waals surface area contributed by atoms with Crippen LogP contribution >= 0.6 is 0 Å². The summed E-state index contributed by atoms with van der Waals surface area (Å²) in [6, 6.07) is 3.05. The number of carbonyl (C=O) groups is 1. The number of methoxy groups -OCH3 is 2. The van der Waals surface area contributed by atoms with E-state index in [1.54, 1.807) is 13.0 Å². The molecule has 1 heterocycles. The number of rotatable bonds is 3. The first-order valence-electron chi connectivity index (χ1n) is 7.99. The Kier molecular flexibility index (Phi) is 4.31. The van der Waals surface area contributed by atoms with Gasteiger partial charge in [0.1, 0.15) is 28.9 Å². The van der Waals surface area contributed by atoms with Crippen molar-refractivity contribution in [3.8, 4) is 34.5 Å². The zero-order chi connectivity index (χ0) is 19.2. The fourth-order valence-electron chi connectivity index (χ4n) is 3.18. The molecule has 0 saturated heterocycles. The minimum absolute atomic E-state index is 0.0286. The third-order valence-electron chi connectivity index (χ3n) is 4.63. The molecule has 0 saturated carbocycles. The largest absolute Gasteiger partial charge is 0.507 e. The van der Waals surface area contributed by atoms with E-state index in [4.69, 9.17) is 14.2 Å². The van der Waals surface area contributed by atoms with Crippen LogP contribution in [0.25, 0.3) is 0 Å². The van der Waals surface area contributed by atoms with E-state index in [0.29, 0.717) is 16.9 Å². The maximum Gasteiger partial charge on any atom is 0.203 e. The van der Waals surface area contributed by atoms with Crippen LogP contribution in [-0.2, 0) is 0 Å². The molecule has 3 rings (SSSR count). The average Bonchev–Trinajstić information content (AvgIpc) is 2.63. The van der Waals surface area contributed by atoms with Gasteiger partial charge >= 0.3 is 0 Å². The van der Waals surface area contributed by atoms with Crippen LogP contribution in [0.3, 0.4) is 0 Å². The van der Waals surface area contributed by atoms with E-state index in [1.807, 2.05) is 0 Å². The fourth-order valence-corrected chi connectivity index (χ4v) is 3.18. The Labute approximate surface area is 150 Å². The molecule has 0 aliphatic carbocycles. The molecular weight excluding hydrogens is 340 g/mol. The van der Waals surface area contributed by atoms with Crippen molar-refractivity contribution in [2.75, 3.05) is 14.2 Å². The van der Waals surface area contributed by atoms with Gasteiger partial charge in [0, 0.05) is 16.7 Å². The van der Waals surface area contributed by atoms with Crippen molar-refractivity contribution in [3.05, 3.63) is 34.4 Å². The molecule has 0 fully saturated rings. The minimum atomic E-state index is -0.707. The van der Waals surface area contributed by atoms with Gasteiger partial charge in [0.2, 0.25) is 5.75 Å². The van der Waals surface area contributed by atoms with Gasteiger partial charge in [0.25, 0.3) is 0 Å². The minimum Gasteiger partial charge on any atom is -0.507 e. The van der Waals surface area contributed by atoms with Gasteiger partial charge in [-0.25, -0.2) is 0 Å². The highest BCUT2D eigenvalue weighted by Gasteiger charge is 2.34. The predicted octanol–water partition coefficient (Wildman–Crippen LogP) is 3.14. The van der Waals surface area contributed by atoms with Crippen molar-refractivity contribution in [1.82, 2.24) is 0 Å². The second-order valence-corrected chi connectivity index (χ2v) is 6.16. The van der Waals surface area contributed by atoms with Gasteiger partial charge in [-0.05, 0) is 26.0 Å². The van der Waals surface area contributed by atoms with Gasteiger partial charge in [-0.2, -0.15) is 0 Å². The summed E-state index contributed by atoms with van der Waals surface area (Å²) in [6.45, 7) is 3.14. The lowest BCUT2D eigenvalue weighted by Gasteiger charge is -2.29. The van der Waals surface area contributed by atoms with Gasteiger partial charge < -0.3 is 29.5 Å². The average molecular weight is 360 g/mol. The van der Waals surface area contributed by atoms with Crippen LogP contribution in [0.15, 0.2) is 12.1 Å². The molecule has 0 spiro atoms. The second kappa shape index (κ2) is 6.33. The standard InChI is InChI=1S/C19H20O7/c1-8-16(22)9(2)18-15(17(8)23)11(20)7-13(26-18)10-5-12(21)19(25-4)14(6-10)24-3/h5-6,13,21-23H,7H2,1-4H3/t13-/m1/s1. The van der Waals surface area contributed by atoms with E-state index in [9.17, 15) is 20.1 Å². The van der Waals surface area contributed by atoms with E-state index in [1.165, 1.54) is 27.2 Å². The third-order valence-corrected chi connectivity index (χ3v) is 4.63. The Morgan fingerprint density at radius 2 is 1.73 bits per heavy atom. The summed E-state index contributed by atoms with van der Waals surface area (Å²) in [6.07, 6.45) is -0.736. The van der Waals surface area contributed by atoms with E-state index in [0.717, 1.165) is 0 Å². The van der Waals surface area contributed by atoms with Crippen LogP contribution < -0.4 is 14.2 Å². The number of aromatic hydroxyl groups is 3. The normalized spacial score (nSPS) is 16.0. The number of phenols is 3. The number of hydrogen-bond donors (Lipinski definition) is 3. The van der Waals surface area contributed by atoms with Crippen molar-refractivity contribution in [3.63, 3.8) is 0 Å². The molecule has 0 bridgehead atoms. The van der Waals surface area contributed by atoms with Gasteiger partial charge in [0.05, 0.1) is 20.6 Å². The van der Waals surface area contributed by atoms with Crippen LogP contribution in [0.2, 0.25) is 0 Å². The molecule has 3 N–H and O–H groups in total. The first-order valence-corrected chi connectivity index (χ1v) is 7.99. The van der Waals surface area contributed by atoms with Crippen molar-refractivity contribution >= 4 is 5.78 Å². The molecule has 7 nitrogen and oxygen atoms in total. The first-order chi connectivity index (χ1) is 12.3. The molecule has 0 radical (unpaired) electrons. The Bertz CT molecular complexity index is 902. The number of ether oxygens (including phenoxy) is 3. The summed E-state index contributed by atoms with van der Waals surface area (Å²) in [5.41, 5.74) is 1.19. The van der Waals surface area contributed by atoms with Gasteiger partial charge in [-0.3, -0.25) is 4.79 Å². The maximum absolute atomic E-state index is 12.6. The lowest BCUT2D eigenvalue weighted by atomic mass is 9.91. The fraction of sp³-hybridized carbons (Fsp3) is 0.316. The summed E-state index contributed by atoms with van der Waals surface area (Å²) < 4.78 is 16.2. The van der Waals surface area contributed by atoms with Gasteiger partial charge in [-0.15, -0.1) is 0 Å². The molecule has 0 unspecified atom stereocenters. The maximum atomic E-state index is 12.6. The van der Waals surface area contributed by atoms with Gasteiger partial charge in [0.15, 0.2) is 17.3 Å².